The molecule has 0 atom stereocenters. The molecule has 0 radical (unpaired) electrons. The largest absolute Gasteiger partial charge is 0.491 e. The molecule has 2 heterocycles. The van der Waals surface area contributed by atoms with Gasteiger partial charge >= 0.3 is 0 Å². The van der Waals surface area contributed by atoms with Crippen LogP contribution in [0.1, 0.15) is 44.5 Å². The lowest BCUT2D eigenvalue weighted by Gasteiger charge is -2.26. The second kappa shape index (κ2) is 14.0. The summed E-state index contributed by atoms with van der Waals surface area (Å²) in [6.45, 7) is 8.07. The van der Waals surface area contributed by atoms with E-state index < -0.39 is 15.9 Å². The molecule has 0 saturated carbocycles. The van der Waals surface area contributed by atoms with E-state index in [0.29, 0.717) is 54.0 Å². The maximum atomic E-state index is 13.7. The first-order chi connectivity index (χ1) is 19.7. The molecule has 4 rings (SSSR count). The predicted molar refractivity (Wildman–Crippen MR) is 159 cm³/mol. The minimum Gasteiger partial charge on any atom is -0.491 e. The highest BCUT2D eigenvalue weighted by atomic mass is 35.5. The molecule has 0 bridgehead atoms. The number of benzene rings is 2. The molecule has 218 valence electrons. The van der Waals surface area contributed by atoms with E-state index in [1.165, 1.54) is 13.0 Å². The van der Waals surface area contributed by atoms with E-state index in [-0.39, 0.29) is 17.1 Å². The number of carbonyl (C=O) groups excluding carboxylic acids is 2. The smallest absolute Gasteiger partial charge is 0.265 e. The van der Waals surface area contributed by atoms with Gasteiger partial charge in [-0.05, 0) is 55.3 Å². The lowest BCUT2D eigenvalue weighted by atomic mass is 10.1. The Hall–Kier alpha value is -3.44. The second-order valence-electron chi connectivity index (χ2n) is 9.65. The van der Waals surface area contributed by atoms with Crippen LogP contribution in [0.2, 0.25) is 5.02 Å². The van der Waals surface area contributed by atoms with Crippen molar-refractivity contribution >= 4 is 39.4 Å². The Kier molecular flexibility index (Phi) is 10.4. The third-order valence-electron chi connectivity index (χ3n) is 6.65. The first-order valence-corrected chi connectivity index (χ1v) is 15.4. The van der Waals surface area contributed by atoms with Crippen LogP contribution in [0.5, 0.6) is 5.75 Å². The number of ether oxygens (including phenoxy) is 2. The summed E-state index contributed by atoms with van der Waals surface area (Å²) in [5.74, 6) is -0.613. The number of rotatable bonds is 12. The number of hydrogen-bond donors (Lipinski definition) is 1. The summed E-state index contributed by atoms with van der Waals surface area (Å²) < 4.78 is 39.2. The molecule has 0 aliphatic carbocycles. The summed E-state index contributed by atoms with van der Waals surface area (Å²) in [7, 11) is -3.74. The highest BCUT2D eigenvalue weighted by Crippen LogP contribution is 2.24. The second-order valence-corrected chi connectivity index (χ2v) is 12.1. The number of para-hydroxylation sites is 1. The molecule has 9 nitrogen and oxygen atoms in total. The Morgan fingerprint density at radius 2 is 1.85 bits per heavy atom. The molecule has 1 aliphatic heterocycles. The number of ketones is 1. The van der Waals surface area contributed by atoms with Crippen molar-refractivity contribution in [1.29, 1.82) is 0 Å². The van der Waals surface area contributed by atoms with Gasteiger partial charge in [-0.2, -0.15) is 0 Å². The van der Waals surface area contributed by atoms with E-state index >= 15 is 0 Å². The van der Waals surface area contributed by atoms with Crippen molar-refractivity contribution in [2.75, 3.05) is 45.2 Å². The van der Waals surface area contributed by atoms with Crippen LogP contribution in [0.3, 0.4) is 0 Å². The number of halogens is 1. The topological polar surface area (TPSA) is 107 Å². The Bertz CT molecular complexity index is 1530. The summed E-state index contributed by atoms with van der Waals surface area (Å²) in [5.41, 5.74) is 2.53. The molecule has 11 heteroatoms. The highest BCUT2D eigenvalue weighted by Gasteiger charge is 2.20. The lowest BCUT2D eigenvalue weighted by Crippen LogP contribution is -2.38. The number of amides is 1. The van der Waals surface area contributed by atoms with Crippen LogP contribution in [0.4, 0.5) is 0 Å². The van der Waals surface area contributed by atoms with E-state index in [4.69, 9.17) is 21.1 Å². The van der Waals surface area contributed by atoms with Gasteiger partial charge in [0.15, 0.2) is 0 Å². The molecular formula is C30H34ClN3O6S. The molecule has 1 saturated heterocycles. The van der Waals surface area contributed by atoms with Gasteiger partial charge in [-0.3, -0.25) is 14.5 Å². The minimum absolute atomic E-state index is 0.133. The zero-order chi connectivity index (χ0) is 29.4. The van der Waals surface area contributed by atoms with Gasteiger partial charge in [0, 0.05) is 43.0 Å². The van der Waals surface area contributed by atoms with Crippen molar-refractivity contribution < 1.29 is 27.5 Å². The van der Waals surface area contributed by atoms with Gasteiger partial charge in [0.25, 0.3) is 5.91 Å². The molecule has 1 N–H and O–H groups in total. The lowest BCUT2D eigenvalue weighted by molar-refractivity contribution is 0.0322. The Balaban J connectivity index is 1.49. The van der Waals surface area contributed by atoms with Gasteiger partial charge in [0.2, 0.25) is 15.8 Å². The van der Waals surface area contributed by atoms with Crippen LogP contribution >= 0.6 is 11.6 Å². The van der Waals surface area contributed by atoms with E-state index in [1.807, 2.05) is 35.9 Å². The molecule has 0 unspecified atom stereocenters. The Morgan fingerprint density at radius 3 is 2.61 bits per heavy atom. The molecule has 1 fully saturated rings. The Labute approximate surface area is 245 Å². The van der Waals surface area contributed by atoms with Gasteiger partial charge in [-0.1, -0.05) is 42.0 Å². The van der Waals surface area contributed by atoms with Gasteiger partial charge < -0.3 is 14.0 Å². The zero-order valence-corrected chi connectivity index (χ0v) is 24.7. The van der Waals surface area contributed by atoms with Gasteiger partial charge in [-0.25, -0.2) is 13.1 Å². The summed E-state index contributed by atoms with van der Waals surface area (Å²) >= 11 is 6.08. The van der Waals surface area contributed by atoms with E-state index in [9.17, 15) is 18.0 Å². The summed E-state index contributed by atoms with van der Waals surface area (Å²) in [5, 5.41) is 0.306. The molecule has 1 amide bonds. The molecule has 0 spiro atoms. The first-order valence-electron chi connectivity index (χ1n) is 13.4. The monoisotopic (exact) mass is 599 g/mol. The fourth-order valence-electron chi connectivity index (χ4n) is 4.46. The third kappa shape index (κ3) is 8.29. The number of nitrogens with zero attached hydrogens (tertiary/aromatic N) is 2. The van der Waals surface area contributed by atoms with Crippen LogP contribution in [0, 0.1) is 6.92 Å². The maximum absolute atomic E-state index is 13.7. The van der Waals surface area contributed by atoms with Crippen molar-refractivity contribution in [2.24, 2.45) is 0 Å². The molecule has 1 aliphatic rings. The fraction of sp³-hybridized carbons (Fsp3) is 0.333. The van der Waals surface area contributed by atoms with Crippen LogP contribution < -0.4 is 9.46 Å². The number of nitrogens with one attached hydrogen (secondary N) is 1. The van der Waals surface area contributed by atoms with Crippen molar-refractivity contribution in [3.63, 3.8) is 0 Å². The average molecular weight is 600 g/mol. The quantitative estimate of drug-likeness (QED) is 0.311. The van der Waals surface area contributed by atoms with E-state index in [2.05, 4.69) is 9.62 Å². The number of sulfonamides is 1. The Morgan fingerprint density at radius 1 is 1.10 bits per heavy atom. The normalized spacial score (nSPS) is 14.3. The number of morpholine rings is 1. The fourth-order valence-corrected chi connectivity index (χ4v) is 5.17. The number of carbonyl (C=O) groups is 2. The zero-order valence-electron chi connectivity index (χ0n) is 23.1. The van der Waals surface area contributed by atoms with E-state index in [1.54, 1.807) is 36.4 Å². The van der Waals surface area contributed by atoms with Crippen LogP contribution in [-0.4, -0.2) is 74.8 Å². The van der Waals surface area contributed by atoms with Gasteiger partial charge in [0.05, 0.1) is 30.2 Å². The average Bonchev–Trinajstić information content (AvgIpc) is 3.34. The predicted octanol–water partition coefficient (Wildman–Crippen LogP) is 4.18. The van der Waals surface area contributed by atoms with Crippen molar-refractivity contribution in [1.82, 2.24) is 14.2 Å². The molecule has 2 aromatic carbocycles. The van der Waals surface area contributed by atoms with Crippen LogP contribution in [-0.2, 0) is 21.3 Å². The van der Waals surface area contributed by atoms with Crippen LogP contribution in [0.25, 0.3) is 6.08 Å². The minimum atomic E-state index is -3.74. The SMILES string of the molecule is CCS(=O)(=O)NC(=O)c1cc(Cl)ccc1/C=C/Cn1cc(C)cc1C(=O)c1ccccc1OCCN1CCOCC1. The summed E-state index contributed by atoms with van der Waals surface area (Å²) in [4.78, 5) is 28.6. The number of allylic oxidation sites excluding steroid dienone is 1. The summed E-state index contributed by atoms with van der Waals surface area (Å²) in [6, 6.07) is 13.7. The first kappa shape index (κ1) is 30.5. The maximum Gasteiger partial charge on any atom is 0.265 e. The van der Waals surface area contributed by atoms with Crippen molar-refractivity contribution in [3.05, 3.63) is 93.8 Å². The molecule has 41 heavy (non-hydrogen) atoms. The van der Waals surface area contributed by atoms with Gasteiger partial charge in [0.1, 0.15) is 12.4 Å². The van der Waals surface area contributed by atoms with Gasteiger partial charge in [-0.15, -0.1) is 0 Å². The molecule has 3 aromatic rings. The standard InChI is InChI=1S/C30H34ClN3O6S/c1-3-41(37,38)32-30(36)26-20-24(31)11-10-23(26)7-6-12-34-21-22(2)19-27(34)29(35)25-8-4-5-9-28(25)40-18-15-33-13-16-39-17-14-33/h4-11,19-21H,3,12-18H2,1-2H3,(H,32,36)/b7-6+. The number of hydrogen-bond acceptors (Lipinski definition) is 7. The van der Waals surface area contributed by atoms with Crippen LogP contribution in [0.15, 0.2) is 60.8 Å². The van der Waals surface area contributed by atoms with Crippen molar-refractivity contribution in [3.8, 4) is 5.75 Å². The summed E-state index contributed by atoms with van der Waals surface area (Å²) in [6.07, 6.45) is 5.38. The molecular weight excluding hydrogens is 566 g/mol. The van der Waals surface area contributed by atoms with Crippen molar-refractivity contribution in [2.45, 2.75) is 20.4 Å². The highest BCUT2D eigenvalue weighted by molar-refractivity contribution is 7.90. The van der Waals surface area contributed by atoms with E-state index in [0.717, 1.165) is 25.2 Å². The third-order valence-corrected chi connectivity index (χ3v) is 8.15. The number of aromatic nitrogens is 1. The number of aryl methyl sites for hydroxylation is 1. The molecule has 1 aromatic heterocycles.